The Kier molecular flexibility index (Phi) is 6.81. The van der Waals surface area contributed by atoms with Crippen LogP contribution in [0.5, 0.6) is 5.88 Å². The highest BCUT2D eigenvalue weighted by Gasteiger charge is 2.03. The van der Waals surface area contributed by atoms with E-state index in [1.165, 1.54) is 25.7 Å². The zero-order chi connectivity index (χ0) is 11.8. The lowest BCUT2D eigenvalue weighted by molar-refractivity contribution is 0.293. The van der Waals surface area contributed by atoms with Crippen LogP contribution in [0.1, 0.15) is 39.0 Å². The fourth-order valence-corrected chi connectivity index (χ4v) is 2.07. The zero-order valence-corrected chi connectivity index (χ0v) is 11.9. The normalized spacial score (nSPS) is 10.4. The third kappa shape index (κ3) is 5.17. The van der Waals surface area contributed by atoms with Crippen LogP contribution in [0.15, 0.2) is 16.7 Å². The fourth-order valence-electron chi connectivity index (χ4n) is 1.38. The first-order valence-electron chi connectivity index (χ1n) is 5.68. The lowest BCUT2D eigenvalue weighted by atomic mass is 10.2. The van der Waals surface area contributed by atoms with Gasteiger partial charge in [-0.15, -0.1) is 0 Å². The second-order valence-corrected chi connectivity index (χ2v) is 5.03. The summed E-state index contributed by atoms with van der Waals surface area (Å²) >= 11 is 9.28. The Morgan fingerprint density at radius 3 is 2.75 bits per heavy atom. The number of ether oxygens (including phenoxy) is 1. The summed E-state index contributed by atoms with van der Waals surface area (Å²) in [5, 5.41) is 0.558. The third-order valence-electron chi connectivity index (χ3n) is 2.26. The lowest BCUT2D eigenvalue weighted by Crippen LogP contribution is -1.99. The lowest BCUT2D eigenvalue weighted by Gasteiger charge is -2.06. The number of aromatic nitrogens is 1. The molecule has 0 radical (unpaired) electrons. The number of hydrogen-bond donors (Lipinski definition) is 0. The Morgan fingerprint density at radius 2 is 2.06 bits per heavy atom. The summed E-state index contributed by atoms with van der Waals surface area (Å²) in [6.45, 7) is 2.90. The smallest absolute Gasteiger partial charge is 0.232 e. The van der Waals surface area contributed by atoms with E-state index in [9.17, 15) is 0 Å². The number of halogens is 2. The maximum atomic E-state index is 5.97. The van der Waals surface area contributed by atoms with E-state index in [-0.39, 0.29) is 0 Å². The van der Waals surface area contributed by atoms with Gasteiger partial charge < -0.3 is 4.74 Å². The third-order valence-corrected chi connectivity index (χ3v) is 2.97. The Morgan fingerprint density at radius 1 is 1.31 bits per heavy atom. The SMILES string of the molecule is CCCCCCCOc1ncc(Br)cc1Cl. The quantitative estimate of drug-likeness (QED) is 0.672. The molecule has 0 aliphatic heterocycles. The molecule has 0 saturated carbocycles. The van der Waals surface area contributed by atoms with Crippen molar-refractivity contribution in [2.24, 2.45) is 0 Å². The molecule has 0 fully saturated rings. The predicted molar refractivity (Wildman–Crippen MR) is 71.2 cm³/mol. The Hall–Kier alpha value is -0.280. The summed E-state index contributed by atoms with van der Waals surface area (Å²) in [4.78, 5) is 4.11. The maximum Gasteiger partial charge on any atom is 0.232 e. The van der Waals surface area contributed by atoms with Gasteiger partial charge in [0.05, 0.1) is 6.61 Å². The van der Waals surface area contributed by atoms with Crippen molar-refractivity contribution in [3.8, 4) is 5.88 Å². The van der Waals surface area contributed by atoms with Crippen molar-refractivity contribution < 1.29 is 4.74 Å². The van der Waals surface area contributed by atoms with Crippen LogP contribution in [-0.4, -0.2) is 11.6 Å². The highest BCUT2D eigenvalue weighted by atomic mass is 79.9. The molecule has 1 rings (SSSR count). The van der Waals surface area contributed by atoms with Gasteiger partial charge in [0.15, 0.2) is 0 Å². The van der Waals surface area contributed by atoms with Crippen LogP contribution < -0.4 is 4.74 Å². The first kappa shape index (κ1) is 13.8. The monoisotopic (exact) mass is 305 g/mol. The fraction of sp³-hybridized carbons (Fsp3) is 0.583. The van der Waals surface area contributed by atoms with Crippen molar-refractivity contribution in [1.82, 2.24) is 4.98 Å². The Bertz CT molecular complexity index is 320. The van der Waals surface area contributed by atoms with Gasteiger partial charge in [-0.3, -0.25) is 0 Å². The van der Waals surface area contributed by atoms with Gasteiger partial charge in [-0.05, 0) is 28.4 Å². The molecular weight excluding hydrogens is 289 g/mol. The zero-order valence-electron chi connectivity index (χ0n) is 9.51. The minimum atomic E-state index is 0.528. The average molecular weight is 307 g/mol. The van der Waals surface area contributed by atoms with Gasteiger partial charge in [-0.2, -0.15) is 0 Å². The summed E-state index contributed by atoms with van der Waals surface area (Å²) < 4.78 is 6.38. The van der Waals surface area contributed by atoms with E-state index in [4.69, 9.17) is 16.3 Å². The van der Waals surface area contributed by atoms with Crippen LogP contribution in [0.25, 0.3) is 0 Å². The number of unbranched alkanes of at least 4 members (excludes halogenated alkanes) is 4. The van der Waals surface area contributed by atoms with Crippen LogP contribution in [0, 0.1) is 0 Å². The molecule has 16 heavy (non-hydrogen) atoms. The molecule has 1 aromatic heterocycles. The largest absolute Gasteiger partial charge is 0.477 e. The molecule has 0 spiro atoms. The molecule has 1 heterocycles. The minimum absolute atomic E-state index is 0.528. The van der Waals surface area contributed by atoms with Gasteiger partial charge in [0.2, 0.25) is 5.88 Å². The number of pyridine rings is 1. The molecule has 0 N–H and O–H groups in total. The molecule has 0 bridgehead atoms. The molecule has 0 aliphatic carbocycles. The van der Waals surface area contributed by atoms with Gasteiger partial charge >= 0.3 is 0 Å². The molecule has 0 saturated heterocycles. The van der Waals surface area contributed by atoms with Gasteiger partial charge in [0.25, 0.3) is 0 Å². The summed E-state index contributed by atoms with van der Waals surface area (Å²) in [5.41, 5.74) is 0. The van der Waals surface area contributed by atoms with E-state index in [0.717, 1.165) is 10.9 Å². The maximum absolute atomic E-state index is 5.97. The summed E-state index contributed by atoms with van der Waals surface area (Å²) in [5.74, 6) is 0.528. The molecule has 90 valence electrons. The van der Waals surface area contributed by atoms with E-state index in [1.54, 1.807) is 12.3 Å². The number of rotatable bonds is 7. The van der Waals surface area contributed by atoms with Crippen LogP contribution in [0.2, 0.25) is 5.02 Å². The first-order valence-corrected chi connectivity index (χ1v) is 6.85. The molecule has 0 aromatic carbocycles. The van der Waals surface area contributed by atoms with E-state index in [2.05, 4.69) is 27.8 Å². The minimum Gasteiger partial charge on any atom is -0.477 e. The van der Waals surface area contributed by atoms with Crippen LogP contribution in [-0.2, 0) is 0 Å². The average Bonchev–Trinajstić information content (AvgIpc) is 2.26. The standard InChI is InChI=1S/C12H17BrClNO/c1-2-3-4-5-6-7-16-12-11(14)8-10(13)9-15-12/h8-9H,2-7H2,1H3. The molecule has 0 atom stereocenters. The summed E-state index contributed by atoms with van der Waals surface area (Å²) in [6.07, 6.45) is 7.81. The topological polar surface area (TPSA) is 22.1 Å². The number of hydrogen-bond acceptors (Lipinski definition) is 2. The first-order chi connectivity index (χ1) is 7.74. The summed E-state index contributed by atoms with van der Waals surface area (Å²) in [6, 6.07) is 1.79. The van der Waals surface area contributed by atoms with Crippen LogP contribution >= 0.6 is 27.5 Å². The number of nitrogens with zero attached hydrogens (tertiary/aromatic N) is 1. The highest BCUT2D eigenvalue weighted by Crippen LogP contribution is 2.24. The molecule has 0 amide bonds. The molecule has 1 aromatic rings. The van der Waals surface area contributed by atoms with Crippen LogP contribution in [0.3, 0.4) is 0 Å². The van der Waals surface area contributed by atoms with Gasteiger partial charge in [-0.25, -0.2) is 4.98 Å². The highest BCUT2D eigenvalue weighted by molar-refractivity contribution is 9.10. The van der Waals surface area contributed by atoms with Crippen molar-refractivity contribution in [2.75, 3.05) is 6.61 Å². The van der Waals surface area contributed by atoms with E-state index < -0.39 is 0 Å². The summed E-state index contributed by atoms with van der Waals surface area (Å²) in [7, 11) is 0. The van der Waals surface area contributed by atoms with Crippen molar-refractivity contribution in [1.29, 1.82) is 0 Å². The van der Waals surface area contributed by atoms with Crippen molar-refractivity contribution in [3.63, 3.8) is 0 Å². The van der Waals surface area contributed by atoms with Gasteiger partial charge in [0.1, 0.15) is 5.02 Å². The predicted octanol–water partition coefficient (Wildman–Crippen LogP) is 4.85. The molecule has 4 heteroatoms. The van der Waals surface area contributed by atoms with Crippen molar-refractivity contribution in [2.45, 2.75) is 39.0 Å². The van der Waals surface area contributed by atoms with E-state index in [1.807, 2.05) is 0 Å². The van der Waals surface area contributed by atoms with Crippen molar-refractivity contribution >= 4 is 27.5 Å². The Balaban J connectivity index is 2.21. The van der Waals surface area contributed by atoms with Crippen LogP contribution in [0.4, 0.5) is 0 Å². The molecular formula is C12H17BrClNO. The second-order valence-electron chi connectivity index (χ2n) is 3.70. The van der Waals surface area contributed by atoms with E-state index >= 15 is 0 Å². The van der Waals surface area contributed by atoms with E-state index in [0.29, 0.717) is 17.5 Å². The van der Waals surface area contributed by atoms with Gasteiger partial charge in [-0.1, -0.05) is 44.2 Å². The molecule has 0 aliphatic rings. The van der Waals surface area contributed by atoms with Crippen molar-refractivity contribution in [3.05, 3.63) is 21.8 Å². The second kappa shape index (κ2) is 7.91. The Labute approximate surface area is 110 Å². The van der Waals surface area contributed by atoms with Gasteiger partial charge in [0, 0.05) is 10.7 Å². The molecule has 0 unspecified atom stereocenters. The molecule has 2 nitrogen and oxygen atoms in total.